The number of anilines is 4. The van der Waals surface area contributed by atoms with Crippen molar-refractivity contribution in [2.75, 3.05) is 37.1 Å². The van der Waals surface area contributed by atoms with Crippen molar-refractivity contribution in [2.45, 2.75) is 44.6 Å². The SMILES string of the molecule is CP(C)(=O)c1cc(C#N)ccc1Nc1nc(Nc2ccc3c(c2)CC[C@@H](N2CCCC2)CC3)ncc1Cl. The third-order valence-corrected chi connectivity index (χ3v) is 9.12. The smallest absolute Gasteiger partial charge is 0.229 e. The lowest BCUT2D eigenvalue weighted by Gasteiger charge is -2.25. The number of aromatic nitrogens is 2. The Kier molecular flexibility index (Phi) is 7.53. The maximum absolute atomic E-state index is 12.9. The van der Waals surface area contributed by atoms with E-state index in [9.17, 15) is 9.83 Å². The summed E-state index contributed by atoms with van der Waals surface area (Å²) in [7, 11) is -2.66. The van der Waals surface area contributed by atoms with E-state index in [0.717, 1.165) is 18.5 Å². The number of fused-ring (bicyclic) bond motifs is 1. The van der Waals surface area contributed by atoms with Crippen LogP contribution >= 0.6 is 18.7 Å². The molecule has 9 heteroatoms. The molecular formula is C28H32ClN6OP. The van der Waals surface area contributed by atoms with E-state index in [-0.39, 0.29) is 0 Å². The second-order valence-electron chi connectivity index (χ2n) is 10.3. The van der Waals surface area contributed by atoms with Crippen LogP contribution in [0.25, 0.3) is 0 Å². The summed E-state index contributed by atoms with van der Waals surface area (Å²) in [5.74, 6) is 0.823. The Morgan fingerprint density at radius 2 is 1.81 bits per heavy atom. The zero-order valence-electron chi connectivity index (χ0n) is 21.3. The van der Waals surface area contributed by atoms with E-state index in [2.05, 4.69) is 49.8 Å². The summed E-state index contributed by atoms with van der Waals surface area (Å²) < 4.78 is 12.9. The van der Waals surface area contributed by atoms with Crippen molar-refractivity contribution in [2.24, 2.45) is 0 Å². The normalized spacial score (nSPS) is 18.1. The number of nitriles is 1. The summed E-state index contributed by atoms with van der Waals surface area (Å²) in [5.41, 5.74) is 4.83. The first-order valence-electron chi connectivity index (χ1n) is 12.8. The van der Waals surface area contributed by atoms with Gasteiger partial charge in [0, 0.05) is 17.0 Å². The van der Waals surface area contributed by atoms with Gasteiger partial charge in [0.15, 0.2) is 5.82 Å². The molecule has 2 aliphatic rings. The van der Waals surface area contributed by atoms with Gasteiger partial charge in [-0.1, -0.05) is 17.7 Å². The number of rotatable bonds is 6. The highest BCUT2D eigenvalue weighted by atomic mass is 35.5. The maximum Gasteiger partial charge on any atom is 0.229 e. The molecule has 0 unspecified atom stereocenters. The first-order chi connectivity index (χ1) is 17.8. The van der Waals surface area contributed by atoms with E-state index < -0.39 is 7.14 Å². The maximum atomic E-state index is 12.9. The molecule has 5 rings (SSSR count). The molecule has 192 valence electrons. The largest absolute Gasteiger partial charge is 0.338 e. The molecule has 1 atom stereocenters. The predicted molar refractivity (Wildman–Crippen MR) is 152 cm³/mol. The van der Waals surface area contributed by atoms with Crippen LogP contribution in [0, 0.1) is 11.3 Å². The summed E-state index contributed by atoms with van der Waals surface area (Å²) >= 11 is 6.41. The number of nitrogens with zero attached hydrogens (tertiary/aromatic N) is 4. The Labute approximate surface area is 223 Å². The molecule has 2 heterocycles. The van der Waals surface area contributed by atoms with Gasteiger partial charge in [0.2, 0.25) is 5.95 Å². The molecule has 0 spiro atoms. The van der Waals surface area contributed by atoms with E-state index in [4.69, 9.17) is 11.6 Å². The van der Waals surface area contributed by atoms with Crippen LogP contribution in [-0.4, -0.2) is 47.3 Å². The lowest BCUT2D eigenvalue weighted by Crippen LogP contribution is -2.32. The molecular weight excluding hydrogens is 503 g/mol. The van der Waals surface area contributed by atoms with Gasteiger partial charge in [-0.3, -0.25) is 0 Å². The van der Waals surface area contributed by atoms with Gasteiger partial charge in [-0.05, 0) is 106 Å². The molecule has 0 amide bonds. The summed E-state index contributed by atoms with van der Waals surface area (Å²) in [6.45, 7) is 5.84. The van der Waals surface area contributed by atoms with Gasteiger partial charge in [0.1, 0.15) is 12.2 Å². The lowest BCUT2D eigenvalue weighted by molar-refractivity contribution is 0.222. The molecule has 1 aliphatic heterocycles. The van der Waals surface area contributed by atoms with Crippen molar-refractivity contribution in [3.05, 3.63) is 64.3 Å². The Balaban J connectivity index is 1.34. The Morgan fingerprint density at radius 1 is 1.05 bits per heavy atom. The van der Waals surface area contributed by atoms with E-state index in [1.165, 1.54) is 49.9 Å². The van der Waals surface area contributed by atoms with Crippen molar-refractivity contribution in [1.82, 2.24) is 14.9 Å². The van der Waals surface area contributed by atoms with Gasteiger partial charge in [-0.25, -0.2) is 4.98 Å². The summed E-state index contributed by atoms with van der Waals surface area (Å²) in [4.78, 5) is 11.6. The van der Waals surface area contributed by atoms with Crippen molar-refractivity contribution in [1.29, 1.82) is 5.26 Å². The first kappa shape index (κ1) is 25.7. The number of halogens is 1. The molecule has 1 aromatic heterocycles. The number of likely N-dealkylation sites (tertiary alicyclic amines) is 1. The monoisotopic (exact) mass is 534 g/mol. The van der Waals surface area contributed by atoms with E-state index >= 15 is 0 Å². The van der Waals surface area contributed by atoms with E-state index in [1.807, 2.05) is 0 Å². The topological polar surface area (TPSA) is 93.9 Å². The fraction of sp³-hybridized carbons (Fsp3) is 0.393. The average molecular weight is 535 g/mol. The predicted octanol–water partition coefficient (Wildman–Crippen LogP) is 6.08. The fourth-order valence-electron chi connectivity index (χ4n) is 5.36. The minimum atomic E-state index is -2.66. The number of aryl methyl sites for hydroxylation is 2. The second-order valence-corrected chi connectivity index (χ2v) is 13.9. The van der Waals surface area contributed by atoms with Gasteiger partial charge in [0.05, 0.1) is 23.5 Å². The zero-order valence-corrected chi connectivity index (χ0v) is 22.9. The highest BCUT2D eigenvalue weighted by Crippen LogP contribution is 2.39. The summed E-state index contributed by atoms with van der Waals surface area (Å²) in [6, 6.07) is 14.4. The number of benzene rings is 2. The average Bonchev–Trinajstić information content (AvgIpc) is 3.33. The van der Waals surface area contributed by atoms with Gasteiger partial charge < -0.3 is 20.1 Å². The van der Waals surface area contributed by atoms with Gasteiger partial charge in [-0.15, -0.1) is 0 Å². The standard InChI is InChI=1S/C28H32ClN6OP/c1-37(2,36)26-15-19(17-30)5-12-25(26)33-27-24(29)18-31-28(34-27)32-22-9-6-20-7-10-23(11-8-21(20)16-22)35-13-3-4-14-35/h5-6,9,12,15-16,18,23H,3-4,7-8,10-11,13-14H2,1-2H3,(H2,31,32,33,34)/t23-/m0/s1. The van der Waals surface area contributed by atoms with Crippen LogP contribution < -0.4 is 15.9 Å². The van der Waals surface area contributed by atoms with E-state index in [1.54, 1.807) is 37.7 Å². The molecule has 2 N–H and O–H groups in total. The van der Waals surface area contributed by atoms with Crippen LogP contribution in [0.5, 0.6) is 0 Å². The van der Waals surface area contributed by atoms with Crippen LogP contribution in [-0.2, 0) is 17.4 Å². The number of hydrogen-bond donors (Lipinski definition) is 2. The third kappa shape index (κ3) is 5.99. The minimum absolute atomic E-state index is 0.345. The van der Waals surface area contributed by atoms with Crippen LogP contribution in [0.4, 0.5) is 23.1 Å². The summed E-state index contributed by atoms with van der Waals surface area (Å²) in [6.07, 6.45) is 8.84. The van der Waals surface area contributed by atoms with Crippen molar-refractivity contribution in [3.63, 3.8) is 0 Å². The molecule has 3 aromatic rings. The number of hydrogen-bond acceptors (Lipinski definition) is 7. The van der Waals surface area contributed by atoms with Crippen LogP contribution in [0.1, 0.15) is 42.4 Å². The van der Waals surface area contributed by atoms with Gasteiger partial charge >= 0.3 is 0 Å². The molecule has 1 saturated heterocycles. The molecule has 1 aliphatic carbocycles. The Hall–Kier alpha value is -2.91. The molecule has 2 aromatic carbocycles. The van der Waals surface area contributed by atoms with Gasteiger partial charge in [0.25, 0.3) is 0 Å². The molecule has 0 radical (unpaired) electrons. The van der Waals surface area contributed by atoms with E-state index in [0.29, 0.717) is 39.4 Å². The van der Waals surface area contributed by atoms with Crippen molar-refractivity contribution < 1.29 is 4.57 Å². The zero-order chi connectivity index (χ0) is 26.0. The molecule has 37 heavy (non-hydrogen) atoms. The summed E-state index contributed by atoms with van der Waals surface area (Å²) in [5, 5.41) is 16.7. The van der Waals surface area contributed by atoms with Crippen molar-refractivity contribution in [3.8, 4) is 6.07 Å². The van der Waals surface area contributed by atoms with Crippen LogP contribution in [0.3, 0.4) is 0 Å². The Bertz CT molecular complexity index is 1390. The Morgan fingerprint density at radius 3 is 2.54 bits per heavy atom. The number of nitrogens with one attached hydrogen (secondary N) is 2. The van der Waals surface area contributed by atoms with Crippen LogP contribution in [0.15, 0.2) is 42.6 Å². The second kappa shape index (κ2) is 10.8. The third-order valence-electron chi connectivity index (χ3n) is 7.32. The van der Waals surface area contributed by atoms with Crippen LogP contribution in [0.2, 0.25) is 5.02 Å². The fourth-order valence-corrected chi connectivity index (χ4v) is 6.66. The first-order valence-corrected chi connectivity index (χ1v) is 15.8. The molecule has 7 nitrogen and oxygen atoms in total. The van der Waals surface area contributed by atoms with Crippen molar-refractivity contribution >= 4 is 47.2 Å². The highest BCUT2D eigenvalue weighted by molar-refractivity contribution is 7.70. The molecule has 1 fully saturated rings. The lowest BCUT2D eigenvalue weighted by atomic mass is 10.0. The molecule has 0 saturated carbocycles. The molecule has 0 bridgehead atoms. The minimum Gasteiger partial charge on any atom is -0.338 e. The quantitative estimate of drug-likeness (QED) is 0.292. The van der Waals surface area contributed by atoms with Gasteiger partial charge in [-0.2, -0.15) is 10.2 Å². The highest BCUT2D eigenvalue weighted by Gasteiger charge is 2.24.